The fourth-order valence-corrected chi connectivity index (χ4v) is 2.46. The Morgan fingerprint density at radius 1 is 1.47 bits per heavy atom. The molecule has 0 unspecified atom stereocenters. The fraction of sp³-hybridized carbons (Fsp3) is 0.545. The van der Waals surface area contributed by atoms with Crippen LogP contribution in [0.1, 0.15) is 43.1 Å². The molecule has 2 N–H and O–H groups in total. The van der Waals surface area contributed by atoms with Gasteiger partial charge in [-0.1, -0.05) is 12.8 Å². The lowest BCUT2D eigenvalue weighted by molar-refractivity contribution is -0.136. The molecule has 0 spiro atoms. The number of carbonyl (C=O) groups is 1. The average molecular weight is 234 g/mol. The maximum atomic E-state index is 10.6. The van der Waals surface area contributed by atoms with Gasteiger partial charge in [-0.3, -0.25) is 9.89 Å². The maximum Gasteiger partial charge on any atom is 0.309 e. The molecule has 0 saturated heterocycles. The molecule has 0 atom stereocenters. The molecule has 0 aliphatic heterocycles. The molecule has 17 heavy (non-hydrogen) atoms. The number of hydrogen-bond donors (Lipinski definition) is 2. The number of fused-ring (bicyclic) bond motifs is 1. The van der Waals surface area contributed by atoms with E-state index in [0.29, 0.717) is 17.4 Å². The number of nitrogens with zero attached hydrogens (tertiary/aromatic N) is 3. The molecule has 0 aromatic carbocycles. The minimum absolute atomic E-state index is 0.0596. The number of carboxylic acids is 1. The smallest absolute Gasteiger partial charge is 0.309 e. The number of nitrogens with one attached hydrogen (secondary N) is 1. The third-order valence-corrected chi connectivity index (χ3v) is 3.27. The molecule has 2 aromatic heterocycles. The lowest BCUT2D eigenvalue weighted by atomic mass is 10.1. The van der Waals surface area contributed by atoms with E-state index in [0.717, 1.165) is 5.82 Å². The van der Waals surface area contributed by atoms with Gasteiger partial charge in [-0.15, -0.1) is 0 Å². The third kappa shape index (κ3) is 1.90. The van der Waals surface area contributed by atoms with Crippen LogP contribution in [0, 0.1) is 0 Å². The Kier molecular flexibility index (Phi) is 2.35. The van der Waals surface area contributed by atoms with E-state index in [1.165, 1.54) is 25.7 Å². The van der Waals surface area contributed by atoms with Gasteiger partial charge in [0.25, 0.3) is 5.78 Å². The van der Waals surface area contributed by atoms with Gasteiger partial charge in [-0.2, -0.15) is 4.98 Å². The largest absolute Gasteiger partial charge is 0.481 e. The number of hydrogen-bond acceptors (Lipinski definition) is 3. The molecule has 1 aliphatic carbocycles. The van der Waals surface area contributed by atoms with Crippen molar-refractivity contribution < 1.29 is 9.90 Å². The zero-order valence-corrected chi connectivity index (χ0v) is 9.39. The van der Waals surface area contributed by atoms with Crippen LogP contribution in [0.2, 0.25) is 0 Å². The molecule has 6 heteroatoms. The van der Waals surface area contributed by atoms with E-state index in [1.54, 1.807) is 10.7 Å². The number of imidazole rings is 1. The Balaban J connectivity index is 1.87. The minimum atomic E-state index is -0.873. The Morgan fingerprint density at radius 3 is 2.88 bits per heavy atom. The quantitative estimate of drug-likeness (QED) is 0.839. The van der Waals surface area contributed by atoms with Gasteiger partial charge in [0.2, 0.25) is 0 Å². The number of aromatic nitrogens is 4. The SMILES string of the molecule is O=C(O)Cc1cn2[nH]c(C3CCCC3)nc2n1. The topological polar surface area (TPSA) is 83.3 Å². The molecule has 0 bridgehead atoms. The van der Waals surface area contributed by atoms with Crippen LogP contribution >= 0.6 is 0 Å². The van der Waals surface area contributed by atoms with Crippen molar-refractivity contribution in [2.75, 3.05) is 0 Å². The second kappa shape index (κ2) is 3.87. The van der Waals surface area contributed by atoms with Crippen molar-refractivity contribution in [2.45, 2.75) is 38.0 Å². The van der Waals surface area contributed by atoms with Gasteiger partial charge in [0.1, 0.15) is 5.82 Å². The maximum absolute atomic E-state index is 10.6. The van der Waals surface area contributed by atoms with Crippen molar-refractivity contribution in [3.8, 4) is 0 Å². The molecule has 2 aromatic rings. The average Bonchev–Trinajstić information content (AvgIpc) is 2.86. The van der Waals surface area contributed by atoms with Gasteiger partial charge in [0.05, 0.1) is 18.3 Å². The van der Waals surface area contributed by atoms with E-state index in [-0.39, 0.29) is 6.42 Å². The summed E-state index contributed by atoms with van der Waals surface area (Å²) in [4.78, 5) is 19.2. The fourth-order valence-electron chi connectivity index (χ4n) is 2.46. The lowest BCUT2D eigenvalue weighted by Crippen LogP contribution is -2.00. The molecule has 0 amide bonds. The Bertz CT molecular complexity index is 519. The summed E-state index contributed by atoms with van der Waals surface area (Å²) in [5.74, 6) is 1.19. The van der Waals surface area contributed by atoms with Crippen molar-refractivity contribution >= 4 is 11.7 Å². The minimum Gasteiger partial charge on any atom is -0.481 e. The normalized spacial score (nSPS) is 16.9. The van der Waals surface area contributed by atoms with Gasteiger partial charge >= 0.3 is 5.97 Å². The Labute approximate surface area is 97.7 Å². The second-order valence-corrected chi connectivity index (χ2v) is 4.56. The van der Waals surface area contributed by atoms with Gasteiger partial charge in [0, 0.05) is 5.92 Å². The van der Waals surface area contributed by atoms with E-state index in [2.05, 4.69) is 15.1 Å². The zero-order valence-electron chi connectivity index (χ0n) is 9.39. The summed E-state index contributed by atoms with van der Waals surface area (Å²) in [5, 5.41) is 11.9. The highest BCUT2D eigenvalue weighted by molar-refractivity contribution is 5.69. The van der Waals surface area contributed by atoms with E-state index in [4.69, 9.17) is 5.11 Å². The molecule has 90 valence electrons. The van der Waals surface area contributed by atoms with Crippen molar-refractivity contribution in [3.05, 3.63) is 17.7 Å². The monoisotopic (exact) mass is 234 g/mol. The Morgan fingerprint density at radius 2 is 2.24 bits per heavy atom. The first-order chi connectivity index (χ1) is 8.22. The highest BCUT2D eigenvalue weighted by Crippen LogP contribution is 2.32. The predicted octanol–water partition coefficient (Wildman–Crippen LogP) is 1.34. The van der Waals surface area contributed by atoms with E-state index in [9.17, 15) is 4.79 Å². The van der Waals surface area contributed by atoms with Crippen LogP contribution in [0.3, 0.4) is 0 Å². The molecule has 6 nitrogen and oxygen atoms in total. The van der Waals surface area contributed by atoms with Gasteiger partial charge < -0.3 is 5.11 Å². The summed E-state index contributed by atoms with van der Waals surface area (Å²) in [6.45, 7) is 0. The first-order valence-electron chi connectivity index (χ1n) is 5.88. The standard InChI is InChI=1S/C11H14N4O2/c16-9(17)5-8-6-15-11(12-8)13-10(14-15)7-3-1-2-4-7/h6-7H,1-5H2,(H,16,17)(H,12,13,14). The summed E-state index contributed by atoms with van der Waals surface area (Å²) >= 11 is 0. The molecule has 1 aliphatic rings. The zero-order chi connectivity index (χ0) is 11.8. The summed E-state index contributed by atoms with van der Waals surface area (Å²) in [7, 11) is 0. The molecule has 0 radical (unpaired) electrons. The lowest BCUT2D eigenvalue weighted by Gasteiger charge is -2.02. The first-order valence-corrected chi connectivity index (χ1v) is 5.88. The van der Waals surface area contributed by atoms with Gasteiger partial charge in [-0.05, 0) is 12.8 Å². The van der Waals surface area contributed by atoms with Gasteiger partial charge in [-0.25, -0.2) is 9.50 Å². The molecule has 1 saturated carbocycles. The second-order valence-electron chi connectivity index (χ2n) is 4.56. The van der Waals surface area contributed by atoms with Gasteiger partial charge in [0.15, 0.2) is 0 Å². The molecule has 2 heterocycles. The van der Waals surface area contributed by atoms with Crippen molar-refractivity contribution in [3.63, 3.8) is 0 Å². The molecular weight excluding hydrogens is 220 g/mol. The van der Waals surface area contributed by atoms with Crippen LogP contribution in [0.25, 0.3) is 5.78 Å². The summed E-state index contributed by atoms with van der Waals surface area (Å²) in [6, 6.07) is 0. The Hall–Kier alpha value is -1.85. The summed E-state index contributed by atoms with van der Waals surface area (Å²) in [6.07, 6.45) is 6.53. The van der Waals surface area contributed by atoms with Crippen LogP contribution in [-0.4, -0.2) is 30.7 Å². The highest BCUT2D eigenvalue weighted by atomic mass is 16.4. The van der Waals surface area contributed by atoms with Crippen LogP contribution in [0.15, 0.2) is 6.20 Å². The van der Waals surface area contributed by atoms with Crippen molar-refractivity contribution in [1.82, 2.24) is 19.6 Å². The number of rotatable bonds is 3. The van der Waals surface area contributed by atoms with E-state index >= 15 is 0 Å². The van der Waals surface area contributed by atoms with Crippen LogP contribution in [0.5, 0.6) is 0 Å². The highest BCUT2D eigenvalue weighted by Gasteiger charge is 2.21. The van der Waals surface area contributed by atoms with E-state index < -0.39 is 5.97 Å². The van der Waals surface area contributed by atoms with Crippen molar-refractivity contribution in [1.29, 1.82) is 0 Å². The number of aliphatic carboxylic acids is 1. The van der Waals surface area contributed by atoms with Crippen LogP contribution in [0.4, 0.5) is 0 Å². The number of aromatic amines is 1. The predicted molar refractivity (Wildman–Crippen MR) is 59.9 cm³/mol. The summed E-state index contributed by atoms with van der Waals surface area (Å²) in [5.41, 5.74) is 0.536. The molecular formula is C11H14N4O2. The molecule has 3 rings (SSSR count). The van der Waals surface area contributed by atoms with Crippen LogP contribution < -0.4 is 0 Å². The van der Waals surface area contributed by atoms with Crippen LogP contribution in [-0.2, 0) is 11.2 Å². The van der Waals surface area contributed by atoms with Crippen molar-refractivity contribution in [2.24, 2.45) is 0 Å². The molecule has 1 fully saturated rings. The number of H-pyrrole nitrogens is 1. The third-order valence-electron chi connectivity index (χ3n) is 3.27. The number of carboxylic acid groups (broad SMARTS) is 1. The first kappa shape index (κ1) is 10.3. The van der Waals surface area contributed by atoms with E-state index in [1.807, 2.05) is 0 Å². The summed E-state index contributed by atoms with van der Waals surface area (Å²) < 4.78 is 1.71.